The summed E-state index contributed by atoms with van der Waals surface area (Å²) in [5, 5.41) is 7.61. The predicted molar refractivity (Wildman–Crippen MR) is 180 cm³/mol. The molecule has 5 aromatic rings. The molecule has 1 atom stereocenters. The number of fused-ring (bicyclic) bond motifs is 3. The molecule has 0 spiro atoms. The minimum Gasteiger partial charge on any atom is -0.490 e. The van der Waals surface area contributed by atoms with E-state index in [-0.39, 0.29) is 42.4 Å². The first kappa shape index (κ1) is 31.6. The van der Waals surface area contributed by atoms with Gasteiger partial charge in [0.15, 0.2) is 0 Å². The number of nitrogens with zero attached hydrogens (tertiary/aromatic N) is 5. The number of aromatic nitrogens is 3. The van der Waals surface area contributed by atoms with Crippen molar-refractivity contribution in [2.75, 3.05) is 40.5 Å². The van der Waals surface area contributed by atoms with Crippen LogP contribution >= 0.6 is 11.3 Å². The van der Waals surface area contributed by atoms with E-state index in [4.69, 9.17) is 19.6 Å². The molecule has 0 saturated carbocycles. The molecular formula is C36H33F2N5O4S. The number of benzene rings is 2. The van der Waals surface area contributed by atoms with Gasteiger partial charge in [0, 0.05) is 66.2 Å². The van der Waals surface area contributed by atoms with Gasteiger partial charge in [0.25, 0.3) is 5.91 Å². The van der Waals surface area contributed by atoms with Gasteiger partial charge in [0.05, 0.1) is 36.1 Å². The van der Waals surface area contributed by atoms with Gasteiger partial charge in [-0.1, -0.05) is 12.6 Å². The maximum atomic E-state index is 16.1. The highest BCUT2D eigenvalue weighted by Gasteiger charge is 2.32. The summed E-state index contributed by atoms with van der Waals surface area (Å²) in [4.78, 5) is 34.1. The van der Waals surface area contributed by atoms with E-state index >= 15 is 4.39 Å². The predicted octanol–water partition coefficient (Wildman–Crippen LogP) is 6.51. The van der Waals surface area contributed by atoms with Crippen molar-refractivity contribution >= 4 is 33.2 Å². The number of methoxy groups -OCH3 is 1. The molecule has 9 nitrogen and oxygen atoms in total. The van der Waals surface area contributed by atoms with Crippen LogP contribution in [-0.2, 0) is 22.5 Å². The highest BCUT2D eigenvalue weighted by Crippen LogP contribution is 2.47. The van der Waals surface area contributed by atoms with Crippen molar-refractivity contribution in [3.63, 3.8) is 0 Å². The Hall–Kier alpha value is -4.94. The van der Waals surface area contributed by atoms with Crippen molar-refractivity contribution in [3.05, 3.63) is 89.0 Å². The lowest BCUT2D eigenvalue weighted by molar-refractivity contribution is -0.129. The first-order valence-corrected chi connectivity index (χ1v) is 16.5. The molecule has 2 amide bonds. The summed E-state index contributed by atoms with van der Waals surface area (Å²) in [6.07, 6.45) is 2.00. The number of carbonyl (C=O) groups excluding carboxylic acids is 2. The van der Waals surface area contributed by atoms with Crippen molar-refractivity contribution in [1.29, 1.82) is 0 Å². The number of likely N-dealkylation sites (N-methyl/N-ethyl adjacent to an activating group) is 1. The number of thiophene rings is 1. The van der Waals surface area contributed by atoms with E-state index in [9.17, 15) is 14.0 Å². The molecular weight excluding hydrogens is 636 g/mol. The fraction of sp³-hybridized carbons (Fsp3) is 0.278. The molecule has 0 unspecified atom stereocenters. The number of halogens is 2. The number of rotatable bonds is 8. The second-order valence-electron chi connectivity index (χ2n) is 11.9. The van der Waals surface area contributed by atoms with Crippen LogP contribution in [0.25, 0.3) is 43.9 Å². The van der Waals surface area contributed by atoms with Crippen LogP contribution in [-0.4, -0.2) is 76.8 Å². The van der Waals surface area contributed by atoms with Crippen LogP contribution in [0.5, 0.6) is 5.75 Å². The molecule has 2 aromatic carbocycles. The average Bonchev–Trinajstić information content (AvgIpc) is 3.74. The van der Waals surface area contributed by atoms with Crippen LogP contribution in [0.3, 0.4) is 0 Å². The molecule has 2 aliphatic rings. The minimum atomic E-state index is -0.801. The monoisotopic (exact) mass is 669 g/mol. The van der Waals surface area contributed by atoms with Crippen molar-refractivity contribution in [3.8, 4) is 39.5 Å². The highest BCUT2D eigenvalue weighted by molar-refractivity contribution is 7.18. The van der Waals surface area contributed by atoms with Crippen LogP contribution < -0.4 is 4.74 Å². The van der Waals surface area contributed by atoms with Gasteiger partial charge in [-0.3, -0.25) is 14.3 Å². The summed E-state index contributed by atoms with van der Waals surface area (Å²) < 4.78 is 44.4. The zero-order valence-corrected chi connectivity index (χ0v) is 27.6. The van der Waals surface area contributed by atoms with E-state index in [1.165, 1.54) is 30.6 Å². The van der Waals surface area contributed by atoms with Crippen molar-refractivity contribution in [2.24, 2.45) is 0 Å². The summed E-state index contributed by atoms with van der Waals surface area (Å²) >= 11 is 1.41. The van der Waals surface area contributed by atoms with E-state index in [0.29, 0.717) is 59.0 Å². The molecule has 0 radical (unpaired) electrons. The smallest absolute Gasteiger partial charge is 0.253 e. The third-order valence-electron chi connectivity index (χ3n) is 9.05. The molecule has 0 aliphatic carbocycles. The molecule has 0 saturated heterocycles. The summed E-state index contributed by atoms with van der Waals surface area (Å²) in [7, 11) is 3.31. The SMILES string of the molecule is C=CC(=O)N1CCn2nc(-c3nc(-c4ccc5c(c4)CCN(C)C5=O)c4ccsc4c3-c3c(F)cc(F)cc3OCCOC)cc2[C@@H]1C. The van der Waals surface area contributed by atoms with Crippen molar-refractivity contribution in [1.82, 2.24) is 24.6 Å². The van der Waals surface area contributed by atoms with Gasteiger partial charge in [-0.15, -0.1) is 11.3 Å². The molecule has 0 N–H and O–H groups in total. The average molecular weight is 670 g/mol. The molecule has 0 bridgehead atoms. The van der Waals surface area contributed by atoms with E-state index in [2.05, 4.69) is 6.58 Å². The van der Waals surface area contributed by atoms with Gasteiger partial charge in [-0.2, -0.15) is 5.10 Å². The molecule has 3 aromatic heterocycles. The zero-order chi connectivity index (χ0) is 33.7. The standard InChI is InChI=1S/C36H33F2N5O4S/c1-5-30(44)42-11-12-43-28(20(42)2)19-27(40-43)34-32(31-26(38)17-23(37)18-29(31)47-14-13-46-4)35-25(9-15-48-35)33(39-34)22-6-7-24-21(16-22)8-10-41(3)36(24)45/h5-7,9,15-20H,1,8,10-14H2,2-4H3/t20-/m0/s1. The Labute approximate surface area is 280 Å². The summed E-state index contributed by atoms with van der Waals surface area (Å²) in [6, 6.07) is 11.2. The van der Waals surface area contributed by atoms with Crippen LogP contribution in [0.1, 0.15) is 34.6 Å². The molecule has 0 fully saturated rings. The van der Waals surface area contributed by atoms with Crippen LogP contribution in [0.15, 0.2) is 60.5 Å². The number of hydrogen-bond acceptors (Lipinski definition) is 7. The number of amides is 2. The Morgan fingerprint density at radius 2 is 1.92 bits per heavy atom. The van der Waals surface area contributed by atoms with Gasteiger partial charge in [-0.05, 0) is 54.6 Å². The Kier molecular flexibility index (Phi) is 8.30. The maximum Gasteiger partial charge on any atom is 0.253 e. The maximum absolute atomic E-state index is 16.1. The third-order valence-corrected chi connectivity index (χ3v) is 9.99. The molecule has 48 heavy (non-hydrogen) atoms. The normalized spacial score (nSPS) is 15.9. The molecule has 2 aliphatic heterocycles. The molecule has 12 heteroatoms. The van der Waals surface area contributed by atoms with E-state index < -0.39 is 11.6 Å². The Morgan fingerprint density at radius 3 is 2.71 bits per heavy atom. The number of ether oxygens (including phenoxy) is 2. The number of hydrogen-bond donors (Lipinski definition) is 0. The van der Waals surface area contributed by atoms with Gasteiger partial charge < -0.3 is 19.3 Å². The lowest BCUT2D eigenvalue weighted by Gasteiger charge is -2.33. The van der Waals surface area contributed by atoms with E-state index in [0.717, 1.165) is 28.3 Å². The Morgan fingerprint density at radius 1 is 1.08 bits per heavy atom. The molecule has 246 valence electrons. The van der Waals surface area contributed by atoms with Crippen molar-refractivity contribution < 1.29 is 27.8 Å². The van der Waals surface area contributed by atoms with E-state index in [1.807, 2.05) is 47.3 Å². The highest BCUT2D eigenvalue weighted by atomic mass is 32.1. The van der Waals surface area contributed by atoms with Crippen LogP contribution in [0, 0.1) is 11.6 Å². The summed E-state index contributed by atoms with van der Waals surface area (Å²) in [6.45, 7) is 7.38. The minimum absolute atomic E-state index is 0.0200. The number of carbonyl (C=O) groups is 2. The van der Waals surface area contributed by atoms with Gasteiger partial charge >= 0.3 is 0 Å². The van der Waals surface area contributed by atoms with E-state index in [1.54, 1.807) is 16.8 Å². The summed E-state index contributed by atoms with van der Waals surface area (Å²) in [5.74, 6) is -1.76. The van der Waals surface area contributed by atoms with Gasteiger partial charge in [0.2, 0.25) is 5.91 Å². The topological polar surface area (TPSA) is 89.8 Å². The second-order valence-corrected chi connectivity index (χ2v) is 12.8. The van der Waals surface area contributed by atoms with Gasteiger partial charge in [-0.25, -0.2) is 13.8 Å². The lowest BCUT2D eigenvalue weighted by atomic mass is 9.93. The zero-order valence-electron chi connectivity index (χ0n) is 26.8. The van der Waals surface area contributed by atoms with Crippen molar-refractivity contribution in [2.45, 2.75) is 25.9 Å². The third kappa shape index (κ3) is 5.34. The Bertz CT molecular complexity index is 2110. The summed E-state index contributed by atoms with van der Waals surface area (Å²) in [5.41, 5.74) is 5.17. The number of pyridine rings is 1. The largest absolute Gasteiger partial charge is 0.490 e. The lowest BCUT2D eigenvalue weighted by Crippen LogP contribution is -2.40. The second kappa shape index (κ2) is 12.6. The molecule has 7 rings (SSSR count). The quantitative estimate of drug-likeness (QED) is 0.138. The van der Waals surface area contributed by atoms with Crippen LogP contribution in [0.4, 0.5) is 8.78 Å². The fourth-order valence-electron chi connectivity index (χ4n) is 6.59. The fourth-order valence-corrected chi connectivity index (χ4v) is 7.54. The Balaban J connectivity index is 1.48. The molecule has 5 heterocycles. The first-order valence-electron chi connectivity index (χ1n) is 15.6. The van der Waals surface area contributed by atoms with Crippen LogP contribution in [0.2, 0.25) is 0 Å². The van der Waals surface area contributed by atoms with Gasteiger partial charge in [0.1, 0.15) is 35.4 Å². The first-order chi connectivity index (χ1) is 23.2.